The van der Waals surface area contributed by atoms with Crippen molar-refractivity contribution in [3.8, 4) is 5.75 Å². The van der Waals surface area contributed by atoms with E-state index in [-0.39, 0.29) is 11.7 Å². The maximum atomic E-state index is 12.9. The molecule has 0 aliphatic carbocycles. The van der Waals surface area contributed by atoms with Crippen LogP contribution in [0.4, 0.5) is 5.69 Å². The first-order valence-corrected chi connectivity index (χ1v) is 10.6. The number of phenolic OH excluding ortho intramolecular Hbond substituents is 1. The molecule has 2 aromatic rings. The summed E-state index contributed by atoms with van der Waals surface area (Å²) >= 11 is 9.37. The molecule has 1 N–H and O–H groups in total. The number of thioether (sulfide) groups is 1. The molecule has 1 fully saturated rings. The highest BCUT2D eigenvalue weighted by Crippen LogP contribution is 2.35. The van der Waals surface area contributed by atoms with Crippen molar-refractivity contribution in [2.75, 3.05) is 6.54 Å². The van der Waals surface area contributed by atoms with E-state index < -0.39 is 0 Å². The molecule has 4 nitrogen and oxygen atoms in total. The minimum atomic E-state index is -0.0514. The Morgan fingerprint density at radius 3 is 2.59 bits per heavy atom. The first-order valence-electron chi connectivity index (χ1n) is 8.37. The second-order valence-corrected chi connectivity index (χ2v) is 9.11. The molecule has 1 amide bonds. The fourth-order valence-corrected chi connectivity index (χ4v) is 4.18. The summed E-state index contributed by atoms with van der Waals surface area (Å²) in [7, 11) is 0. The minimum absolute atomic E-state index is 0.0514. The van der Waals surface area contributed by atoms with Gasteiger partial charge in [-0.2, -0.15) is 0 Å². The molecule has 2 aromatic carbocycles. The Hall–Kier alpha value is -1.51. The zero-order valence-corrected chi connectivity index (χ0v) is 18.5. The average molecular weight is 513 g/mol. The third-order valence-corrected chi connectivity index (χ3v) is 5.88. The predicted octanol–water partition coefficient (Wildman–Crippen LogP) is 5.91. The molecule has 140 valence electrons. The van der Waals surface area contributed by atoms with E-state index in [0.717, 1.165) is 14.8 Å². The zero-order chi connectivity index (χ0) is 19.6. The summed E-state index contributed by atoms with van der Waals surface area (Å²) in [6.07, 6.45) is 1.84. The van der Waals surface area contributed by atoms with Crippen LogP contribution in [0.1, 0.15) is 19.4 Å². The van der Waals surface area contributed by atoms with Crippen molar-refractivity contribution < 1.29 is 9.90 Å². The van der Waals surface area contributed by atoms with E-state index in [2.05, 4.69) is 41.4 Å². The SMILES string of the molecule is CC(C)CN1C(=O)/C(=C/c2ccc(O)c(I)c2)SC1=Nc1ccc(Cl)cc1. The molecule has 1 saturated heterocycles. The number of amides is 1. The van der Waals surface area contributed by atoms with Gasteiger partial charge in [-0.3, -0.25) is 9.69 Å². The lowest BCUT2D eigenvalue weighted by atomic mass is 10.2. The lowest BCUT2D eigenvalue weighted by Gasteiger charge is -2.17. The Morgan fingerprint density at radius 2 is 1.96 bits per heavy atom. The summed E-state index contributed by atoms with van der Waals surface area (Å²) in [5.41, 5.74) is 1.62. The third kappa shape index (κ3) is 5.06. The normalized spacial score (nSPS) is 17.5. The van der Waals surface area contributed by atoms with E-state index in [9.17, 15) is 9.90 Å². The second-order valence-electron chi connectivity index (χ2n) is 6.50. The average Bonchev–Trinajstić information content (AvgIpc) is 2.88. The molecule has 1 aliphatic rings. The van der Waals surface area contributed by atoms with Crippen LogP contribution in [0, 0.1) is 9.49 Å². The van der Waals surface area contributed by atoms with E-state index in [4.69, 9.17) is 11.6 Å². The van der Waals surface area contributed by atoms with E-state index in [0.29, 0.717) is 27.6 Å². The molecule has 1 aliphatic heterocycles. The van der Waals surface area contributed by atoms with Gasteiger partial charge in [0.05, 0.1) is 14.2 Å². The van der Waals surface area contributed by atoms with E-state index in [1.807, 2.05) is 24.3 Å². The van der Waals surface area contributed by atoms with Crippen molar-refractivity contribution >= 4 is 68.8 Å². The summed E-state index contributed by atoms with van der Waals surface area (Å²) in [6, 6.07) is 12.5. The first-order chi connectivity index (χ1) is 12.8. The minimum Gasteiger partial charge on any atom is -0.507 e. The van der Waals surface area contributed by atoms with Gasteiger partial charge in [0.25, 0.3) is 5.91 Å². The number of benzene rings is 2. The summed E-state index contributed by atoms with van der Waals surface area (Å²) in [5, 5.41) is 11.0. The first kappa shape index (κ1) is 20.2. The highest BCUT2D eigenvalue weighted by molar-refractivity contribution is 14.1. The number of halogens is 2. The van der Waals surface area contributed by atoms with E-state index in [1.165, 1.54) is 11.8 Å². The smallest absolute Gasteiger partial charge is 0.266 e. The van der Waals surface area contributed by atoms with Gasteiger partial charge in [0, 0.05) is 11.6 Å². The lowest BCUT2D eigenvalue weighted by molar-refractivity contribution is -0.122. The molecule has 0 atom stereocenters. The zero-order valence-electron chi connectivity index (χ0n) is 14.8. The molecule has 0 spiro atoms. The van der Waals surface area contributed by atoms with Gasteiger partial charge in [0.15, 0.2) is 5.17 Å². The number of nitrogens with zero attached hydrogens (tertiary/aromatic N) is 2. The van der Waals surface area contributed by atoms with Crippen LogP contribution in [0.25, 0.3) is 6.08 Å². The van der Waals surface area contributed by atoms with Gasteiger partial charge in [-0.25, -0.2) is 4.99 Å². The Morgan fingerprint density at radius 1 is 1.26 bits per heavy atom. The van der Waals surface area contributed by atoms with E-state index in [1.54, 1.807) is 29.2 Å². The van der Waals surface area contributed by atoms with Crippen LogP contribution in [-0.2, 0) is 4.79 Å². The maximum Gasteiger partial charge on any atom is 0.266 e. The van der Waals surface area contributed by atoms with Gasteiger partial charge >= 0.3 is 0 Å². The molecule has 3 rings (SSSR count). The van der Waals surface area contributed by atoms with Crippen molar-refractivity contribution in [2.24, 2.45) is 10.9 Å². The fourth-order valence-electron chi connectivity index (χ4n) is 2.51. The Bertz CT molecular complexity index is 926. The number of aliphatic imine (C=N–C) groups is 1. The molecule has 0 saturated carbocycles. The van der Waals surface area contributed by atoms with Gasteiger partial charge in [-0.05, 0) is 88.3 Å². The lowest BCUT2D eigenvalue weighted by Crippen LogP contribution is -2.32. The standard InChI is InChI=1S/C20H18ClIN2O2S/c1-12(2)11-24-19(26)18(10-13-3-8-17(25)16(22)9-13)27-20(24)23-15-6-4-14(21)5-7-15/h3-10,12,25H,11H2,1-2H3/b18-10-,23-20?. The van der Waals surface area contributed by atoms with Crippen LogP contribution >= 0.6 is 46.0 Å². The van der Waals surface area contributed by atoms with Gasteiger partial charge < -0.3 is 5.11 Å². The van der Waals surface area contributed by atoms with Crippen LogP contribution in [0.3, 0.4) is 0 Å². The van der Waals surface area contributed by atoms with Crippen molar-refractivity contribution in [3.63, 3.8) is 0 Å². The number of carbonyl (C=O) groups is 1. The Kier molecular flexibility index (Phi) is 6.49. The molecule has 0 unspecified atom stereocenters. The molecular weight excluding hydrogens is 495 g/mol. The third-order valence-electron chi connectivity index (χ3n) is 3.76. The van der Waals surface area contributed by atoms with Crippen molar-refractivity contribution in [2.45, 2.75) is 13.8 Å². The number of amidine groups is 1. The van der Waals surface area contributed by atoms with E-state index >= 15 is 0 Å². The monoisotopic (exact) mass is 512 g/mol. The summed E-state index contributed by atoms with van der Waals surface area (Å²) in [4.78, 5) is 19.9. The second kappa shape index (κ2) is 8.67. The molecule has 0 radical (unpaired) electrons. The van der Waals surface area contributed by atoms with Crippen LogP contribution in [0.2, 0.25) is 5.02 Å². The highest BCUT2D eigenvalue weighted by Gasteiger charge is 2.33. The van der Waals surface area contributed by atoms with Crippen LogP contribution in [0.5, 0.6) is 5.75 Å². The molecule has 27 heavy (non-hydrogen) atoms. The van der Waals surface area contributed by atoms with Crippen LogP contribution in [0.15, 0.2) is 52.4 Å². The summed E-state index contributed by atoms with van der Waals surface area (Å²) < 4.78 is 0.742. The number of aromatic hydroxyl groups is 1. The van der Waals surface area contributed by atoms with Gasteiger partial charge in [0.1, 0.15) is 5.75 Å². The topological polar surface area (TPSA) is 52.9 Å². The molecule has 7 heteroatoms. The van der Waals surface area contributed by atoms with Crippen molar-refractivity contribution in [1.82, 2.24) is 4.90 Å². The number of rotatable bonds is 4. The van der Waals surface area contributed by atoms with Gasteiger partial charge in [-0.15, -0.1) is 0 Å². The quantitative estimate of drug-likeness (QED) is 0.409. The summed E-state index contributed by atoms with van der Waals surface area (Å²) in [5.74, 6) is 0.498. The number of hydrogen-bond acceptors (Lipinski definition) is 4. The van der Waals surface area contributed by atoms with Crippen molar-refractivity contribution in [3.05, 3.63) is 61.5 Å². The van der Waals surface area contributed by atoms with Gasteiger partial charge in [0.2, 0.25) is 0 Å². The summed E-state index contributed by atoms with van der Waals surface area (Å²) in [6.45, 7) is 4.74. The van der Waals surface area contributed by atoms with Crippen molar-refractivity contribution in [1.29, 1.82) is 0 Å². The Balaban J connectivity index is 1.95. The molecule has 0 aromatic heterocycles. The predicted molar refractivity (Wildman–Crippen MR) is 121 cm³/mol. The maximum absolute atomic E-state index is 12.9. The molecular formula is C20H18ClIN2O2S. The van der Waals surface area contributed by atoms with Crippen LogP contribution in [-0.4, -0.2) is 27.6 Å². The highest BCUT2D eigenvalue weighted by atomic mass is 127. The number of hydrogen-bond donors (Lipinski definition) is 1. The van der Waals surface area contributed by atoms with Crippen LogP contribution < -0.4 is 0 Å². The number of phenols is 1. The fraction of sp³-hybridized carbons (Fsp3) is 0.200. The largest absolute Gasteiger partial charge is 0.507 e. The number of carbonyl (C=O) groups excluding carboxylic acids is 1. The molecule has 1 heterocycles. The van der Waals surface area contributed by atoms with Gasteiger partial charge in [-0.1, -0.05) is 31.5 Å². The molecule has 0 bridgehead atoms. The Labute approximate surface area is 181 Å².